The first-order valence-electron chi connectivity index (χ1n) is 4.92. The van der Waals surface area contributed by atoms with Gasteiger partial charge in [0, 0.05) is 18.0 Å². The minimum Gasteiger partial charge on any atom is -0.392 e. The Morgan fingerprint density at radius 3 is 2.87 bits per heavy atom. The zero-order chi connectivity index (χ0) is 10.7. The van der Waals surface area contributed by atoms with Gasteiger partial charge in [-0.2, -0.15) is 0 Å². The van der Waals surface area contributed by atoms with E-state index >= 15 is 0 Å². The molecule has 0 spiro atoms. The largest absolute Gasteiger partial charge is 0.392 e. The van der Waals surface area contributed by atoms with Gasteiger partial charge in [0.15, 0.2) is 0 Å². The average molecular weight is 199 g/mol. The fourth-order valence-corrected chi connectivity index (χ4v) is 1.65. The second-order valence-corrected chi connectivity index (χ2v) is 3.56. The number of benzene rings is 1. The van der Waals surface area contributed by atoms with E-state index in [0.717, 1.165) is 16.7 Å². The maximum atomic E-state index is 9.21. The lowest BCUT2D eigenvalue weighted by Gasteiger charge is -2.07. The second-order valence-electron chi connectivity index (χ2n) is 3.56. The Labute approximate surface area is 89.2 Å². The van der Waals surface area contributed by atoms with E-state index in [-0.39, 0.29) is 6.61 Å². The molecule has 2 nitrogen and oxygen atoms in total. The first-order valence-corrected chi connectivity index (χ1v) is 4.92. The van der Waals surface area contributed by atoms with Crippen molar-refractivity contribution >= 4 is 0 Å². The number of hydrogen-bond donors (Lipinski definition) is 1. The quantitative estimate of drug-likeness (QED) is 0.806. The molecule has 1 N–H and O–H groups in total. The molecule has 2 aromatic rings. The van der Waals surface area contributed by atoms with Gasteiger partial charge in [0.1, 0.15) is 0 Å². The van der Waals surface area contributed by atoms with E-state index in [4.69, 9.17) is 0 Å². The summed E-state index contributed by atoms with van der Waals surface area (Å²) in [7, 11) is 0. The average Bonchev–Trinajstić information content (AvgIpc) is 2.29. The normalized spacial score (nSPS) is 10.3. The van der Waals surface area contributed by atoms with Crippen LogP contribution in [0, 0.1) is 6.92 Å². The Kier molecular flexibility index (Phi) is 2.79. The van der Waals surface area contributed by atoms with Crippen molar-refractivity contribution in [3.63, 3.8) is 0 Å². The summed E-state index contributed by atoms with van der Waals surface area (Å²) < 4.78 is 0. The van der Waals surface area contributed by atoms with E-state index in [9.17, 15) is 5.11 Å². The number of pyridine rings is 1. The van der Waals surface area contributed by atoms with Gasteiger partial charge in [0.2, 0.25) is 0 Å². The van der Waals surface area contributed by atoms with Crippen molar-refractivity contribution in [2.75, 3.05) is 0 Å². The van der Waals surface area contributed by atoms with Crippen LogP contribution in [0.1, 0.15) is 11.1 Å². The van der Waals surface area contributed by atoms with Crippen molar-refractivity contribution in [1.82, 2.24) is 4.98 Å². The van der Waals surface area contributed by atoms with Crippen LogP contribution >= 0.6 is 0 Å². The third-order valence-electron chi connectivity index (χ3n) is 2.40. The van der Waals surface area contributed by atoms with Gasteiger partial charge < -0.3 is 5.11 Å². The molecular weight excluding hydrogens is 186 g/mol. The molecule has 1 aromatic carbocycles. The fraction of sp³-hybridized carbons (Fsp3) is 0.154. The van der Waals surface area contributed by atoms with Crippen molar-refractivity contribution < 1.29 is 5.11 Å². The molecule has 0 aliphatic carbocycles. The number of rotatable bonds is 2. The Morgan fingerprint density at radius 2 is 2.13 bits per heavy atom. The van der Waals surface area contributed by atoms with Crippen LogP contribution in [-0.2, 0) is 6.61 Å². The van der Waals surface area contributed by atoms with E-state index in [1.165, 1.54) is 5.56 Å². The summed E-state index contributed by atoms with van der Waals surface area (Å²) in [5.41, 5.74) is 4.26. The van der Waals surface area contributed by atoms with Crippen LogP contribution in [-0.4, -0.2) is 10.1 Å². The number of aliphatic hydroxyl groups is 1. The molecule has 0 aliphatic rings. The standard InChI is InChI=1S/C13H13NO/c1-10-3-2-4-11(7-10)13-5-6-14-8-12(13)9-15/h2-8,15H,9H2,1H3. The van der Waals surface area contributed by atoms with Crippen LogP contribution in [0.25, 0.3) is 11.1 Å². The van der Waals surface area contributed by atoms with Crippen LogP contribution in [0.5, 0.6) is 0 Å². The van der Waals surface area contributed by atoms with E-state index in [1.807, 2.05) is 18.2 Å². The molecule has 0 fully saturated rings. The Balaban J connectivity index is 2.53. The fourth-order valence-electron chi connectivity index (χ4n) is 1.65. The SMILES string of the molecule is Cc1cccc(-c2ccncc2CO)c1. The summed E-state index contributed by atoms with van der Waals surface area (Å²) in [5.74, 6) is 0. The summed E-state index contributed by atoms with van der Waals surface area (Å²) in [5, 5.41) is 9.21. The maximum absolute atomic E-state index is 9.21. The number of hydrogen-bond acceptors (Lipinski definition) is 2. The lowest BCUT2D eigenvalue weighted by molar-refractivity contribution is 0.282. The molecule has 1 aromatic heterocycles. The summed E-state index contributed by atoms with van der Waals surface area (Å²) in [6.07, 6.45) is 3.45. The molecule has 1 heterocycles. The van der Waals surface area contributed by atoms with Crippen molar-refractivity contribution in [2.45, 2.75) is 13.5 Å². The van der Waals surface area contributed by atoms with Gasteiger partial charge >= 0.3 is 0 Å². The van der Waals surface area contributed by atoms with Crippen LogP contribution in [0.2, 0.25) is 0 Å². The number of aromatic nitrogens is 1. The Morgan fingerprint density at radius 1 is 1.27 bits per heavy atom. The summed E-state index contributed by atoms with van der Waals surface area (Å²) in [4.78, 5) is 4.00. The minimum absolute atomic E-state index is 0.0249. The highest BCUT2D eigenvalue weighted by Crippen LogP contribution is 2.23. The lowest BCUT2D eigenvalue weighted by atomic mass is 10.0. The summed E-state index contributed by atoms with van der Waals surface area (Å²) in [6.45, 7) is 2.08. The van der Waals surface area contributed by atoms with E-state index in [2.05, 4.69) is 24.0 Å². The van der Waals surface area contributed by atoms with Gasteiger partial charge in [0.05, 0.1) is 6.61 Å². The molecule has 2 rings (SSSR count). The number of nitrogens with zero attached hydrogens (tertiary/aromatic N) is 1. The monoisotopic (exact) mass is 199 g/mol. The molecule has 0 bridgehead atoms. The molecule has 0 aliphatic heterocycles. The second kappa shape index (κ2) is 4.24. The molecule has 0 radical (unpaired) electrons. The minimum atomic E-state index is 0.0249. The highest BCUT2D eigenvalue weighted by atomic mass is 16.3. The Hall–Kier alpha value is -1.67. The van der Waals surface area contributed by atoms with Crippen molar-refractivity contribution in [1.29, 1.82) is 0 Å². The van der Waals surface area contributed by atoms with Crippen LogP contribution in [0.15, 0.2) is 42.7 Å². The van der Waals surface area contributed by atoms with Gasteiger partial charge in [-0.25, -0.2) is 0 Å². The highest BCUT2D eigenvalue weighted by molar-refractivity contribution is 5.67. The van der Waals surface area contributed by atoms with Gasteiger partial charge in [-0.1, -0.05) is 29.8 Å². The van der Waals surface area contributed by atoms with Gasteiger partial charge in [-0.15, -0.1) is 0 Å². The molecule has 15 heavy (non-hydrogen) atoms. The van der Waals surface area contributed by atoms with Crippen LogP contribution in [0.4, 0.5) is 0 Å². The number of aryl methyl sites for hydroxylation is 1. The molecule has 0 saturated carbocycles. The third-order valence-corrected chi connectivity index (χ3v) is 2.40. The topological polar surface area (TPSA) is 33.1 Å². The molecule has 0 unspecified atom stereocenters. The van der Waals surface area contributed by atoms with Crippen molar-refractivity contribution in [3.05, 3.63) is 53.9 Å². The van der Waals surface area contributed by atoms with Crippen molar-refractivity contribution in [3.8, 4) is 11.1 Å². The summed E-state index contributed by atoms with van der Waals surface area (Å²) in [6, 6.07) is 10.2. The molecule has 2 heteroatoms. The number of aliphatic hydroxyl groups excluding tert-OH is 1. The highest BCUT2D eigenvalue weighted by Gasteiger charge is 2.03. The Bertz CT molecular complexity index is 466. The van der Waals surface area contributed by atoms with Gasteiger partial charge in [-0.05, 0) is 24.1 Å². The molecule has 0 atom stereocenters. The van der Waals surface area contributed by atoms with E-state index < -0.39 is 0 Å². The lowest BCUT2D eigenvalue weighted by Crippen LogP contribution is -1.90. The molecule has 76 valence electrons. The molecule has 0 saturated heterocycles. The van der Waals surface area contributed by atoms with Gasteiger partial charge in [0.25, 0.3) is 0 Å². The zero-order valence-electron chi connectivity index (χ0n) is 8.64. The van der Waals surface area contributed by atoms with Crippen LogP contribution < -0.4 is 0 Å². The van der Waals surface area contributed by atoms with Crippen LogP contribution in [0.3, 0.4) is 0 Å². The van der Waals surface area contributed by atoms with Crippen molar-refractivity contribution in [2.24, 2.45) is 0 Å². The van der Waals surface area contributed by atoms with E-state index in [1.54, 1.807) is 12.4 Å². The maximum Gasteiger partial charge on any atom is 0.0702 e. The zero-order valence-corrected chi connectivity index (χ0v) is 8.64. The molecular formula is C13H13NO. The van der Waals surface area contributed by atoms with E-state index in [0.29, 0.717) is 0 Å². The first kappa shape index (κ1) is 9.87. The third kappa shape index (κ3) is 2.05. The smallest absolute Gasteiger partial charge is 0.0702 e. The predicted octanol–water partition coefficient (Wildman–Crippen LogP) is 2.55. The molecule has 0 amide bonds. The predicted molar refractivity (Wildman–Crippen MR) is 60.3 cm³/mol. The summed E-state index contributed by atoms with van der Waals surface area (Å²) >= 11 is 0. The first-order chi connectivity index (χ1) is 7.31. The van der Waals surface area contributed by atoms with Gasteiger partial charge in [-0.3, -0.25) is 4.98 Å².